The fourth-order valence-electron chi connectivity index (χ4n) is 3.01. The Labute approximate surface area is 144 Å². The number of nitrogens with zero attached hydrogens (tertiary/aromatic N) is 3. The summed E-state index contributed by atoms with van der Waals surface area (Å²) in [6.45, 7) is 3.19. The third-order valence-electron chi connectivity index (χ3n) is 4.20. The maximum Gasteiger partial charge on any atom is 0.327 e. The predicted molar refractivity (Wildman–Crippen MR) is 91.7 cm³/mol. The molecule has 1 saturated heterocycles. The first kappa shape index (κ1) is 16.9. The van der Waals surface area contributed by atoms with Gasteiger partial charge in [-0.2, -0.15) is 0 Å². The normalized spacial score (nSPS) is 17.3. The van der Waals surface area contributed by atoms with E-state index in [1.165, 1.54) is 19.2 Å². The average Bonchev–Trinajstić information content (AvgIpc) is 3.03. The third kappa shape index (κ3) is 3.73. The number of anilines is 1. The van der Waals surface area contributed by atoms with E-state index in [1.54, 1.807) is 29.7 Å². The number of thiazole rings is 1. The van der Waals surface area contributed by atoms with E-state index in [0.29, 0.717) is 0 Å². The maximum absolute atomic E-state index is 13.2. The van der Waals surface area contributed by atoms with E-state index in [2.05, 4.69) is 14.8 Å². The van der Waals surface area contributed by atoms with Crippen LogP contribution in [0.1, 0.15) is 18.0 Å². The Balaban J connectivity index is 1.78. The maximum atomic E-state index is 13.2. The van der Waals surface area contributed by atoms with E-state index in [9.17, 15) is 9.18 Å². The van der Waals surface area contributed by atoms with Gasteiger partial charge in [-0.05, 0) is 24.1 Å². The van der Waals surface area contributed by atoms with Gasteiger partial charge in [0.15, 0.2) is 5.13 Å². The van der Waals surface area contributed by atoms with E-state index >= 15 is 0 Å². The zero-order chi connectivity index (χ0) is 16.9. The molecule has 24 heavy (non-hydrogen) atoms. The smallest absolute Gasteiger partial charge is 0.327 e. The molecule has 3 rings (SSSR count). The van der Waals surface area contributed by atoms with Gasteiger partial charge in [-0.15, -0.1) is 11.3 Å². The molecular formula is C17H20FN3O2S. The van der Waals surface area contributed by atoms with Crippen LogP contribution in [0.2, 0.25) is 0 Å². The van der Waals surface area contributed by atoms with Crippen molar-refractivity contribution in [1.82, 2.24) is 9.88 Å². The number of esters is 1. The summed E-state index contributed by atoms with van der Waals surface area (Å²) in [6, 6.07) is 5.56. The number of methoxy groups -OCH3 is 1. The van der Waals surface area contributed by atoms with Gasteiger partial charge in [-0.1, -0.05) is 12.1 Å². The molecule has 7 heteroatoms. The second kappa shape index (κ2) is 7.72. The Morgan fingerprint density at radius 3 is 2.71 bits per heavy atom. The number of carbonyl (C=O) groups is 1. The van der Waals surface area contributed by atoms with Crippen molar-refractivity contribution in [2.45, 2.75) is 12.5 Å². The first-order valence-corrected chi connectivity index (χ1v) is 8.79. The first-order chi connectivity index (χ1) is 11.7. The second-order valence-electron chi connectivity index (χ2n) is 5.67. The Morgan fingerprint density at radius 1 is 1.25 bits per heavy atom. The zero-order valence-corrected chi connectivity index (χ0v) is 14.3. The van der Waals surface area contributed by atoms with Gasteiger partial charge in [0.1, 0.15) is 11.9 Å². The molecule has 0 spiro atoms. The first-order valence-electron chi connectivity index (χ1n) is 7.91. The number of ether oxygens (including phenoxy) is 1. The van der Waals surface area contributed by atoms with Crippen LogP contribution in [0.15, 0.2) is 35.8 Å². The van der Waals surface area contributed by atoms with Crippen molar-refractivity contribution in [3.63, 3.8) is 0 Å². The standard InChI is InChI=1S/C17H20FN3O2S/c1-23-16(22)15(13-3-5-14(18)6-4-13)20-8-2-9-21(11-10-20)17-19-7-12-24-17/h3-7,12,15H,2,8-11H2,1H3/t15-/m1/s1. The van der Waals surface area contributed by atoms with Crippen LogP contribution in [0.25, 0.3) is 0 Å². The van der Waals surface area contributed by atoms with Crippen LogP contribution < -0.4 is 4.90 Å². The Morgan fingerprint density at radius 2 is 2.04 bits per heavy atom. The second-order valence-corrected chi connectivity index (χ2v) is 6.54. The van der Waals surface area contributed by atoms with Crippen LogP contribution in [-0.4, -0.2) is 49.1 Å². The fraction of sp³-hybridized carbons (Fsp3) is 0.412. The van der Waals surface area contributed by atoms with Crippen molar-refractivity contribution >= 4 is 22.4 Å². The molecule has 1 aliphatic heterocycles. The van der Waals surface area contributed by atoms with Crippen LogP contribution >= 0.6 is 11.3 Å². The molecule has 1 atom stereocenters. The minimum Gasteiger partial charge on any atom is -0.468 e. The lowest BCUT2D eigenvalue weighted by Gasteiger charge is -2.29. The highest BCUT2D eigenvalue weighted by molar-refractivity contribution is 7.13. The summed E-state index contributed by atoms with van der Waals surface area (Å²) in [7, 11) is 1.39. The number of hydrogen-bond acceptors (Lipinski definition) is 6. The van der Waals surface area contributed by atoms with E-state index in [4.69, 9.17) is 4.74 Å². The van der Waals surface area contributed by atoms with Crippen LogP contribution in [0.4, 0.5) is 9.52 Å². The van der Waals surface area contributed by atoms with E-state index in [-0.39, 0.29) is 11.8 Å². The van der Waals surface area contributed by atoms with Crippen molar-refractivity contribution in [2.75, 3.05) is 38.2 Å². The predicted octanol–water partition coefficient (Wildman–Crippen LogP) is 2.71. The van der Waals surface area contributed by atoms with Gasteiger partial charge in [0, 0.05) is 37.8 Å². The van der Waals surface area contributed by atoms with E-state index < -0.39 is 6.04 Å². The van der Waals surface area contributed by atoms with Crippen molar-refractivity contribution < 1.29 is 13.9 Å². The molecule has 0 radical (unpaired) electrons. The van der Waals surface area contributed by atoms with Gasteiger partial charge in [0.2, 0.25) is 0 Å². The van der Waals surface area contributed by atoms with Gasteiger partial charge >= 0.3 is 5.97 Å². The molecule has 1 aromatic heterocycles. The lowest BCUT2D eigenvalue weighted by Crippen LogP contribution is -2.38. The molecule has 2 heterocycles. The number of rotatable bonds is 4. The molecular weight excluding hydrogens is 329 g/mol. The molecule has 0 aliphatic carbocycles. The summed E-state index contributed by atoms with van der Waals surface area (Å²) >= 11 is 1.62. The highest BCUT2D eigenvalue weighted by atomic mass is 32.1. The summed E-state index contributed by atoms with van der Waals surface area (Å²) in [5.41, 5.74) is 0.756. The van der Waals surface area contributed by atoms with Gasteiger partial charge in [0.05, 0.1) is 7.11 Å². The van der Waals surface area contributed by atoms with Crippen LogP contribution in [0.5, 0.6) is 0 Å². The van der Waals surface area contributed by atoms with Crippen molar-refractivity contribution in [2.24, 2.45) is 0 Å². The molecule has 128 valence electrons. The van der Waals surface area contributed by atoms with Crippen LogP contribution in [-0.2, 0) is 9.53 Å². The molecule has 0 amide bonds. The fourth-order valence-corrected chi connectivity index (χ4v) is 3.71. The topological polar surface area (TPSA) is 45.7 Å². The minimum atomic E-state index is -0.508. The summed E-state index contributed by atoms with van der Waals surface area (Å²) in [5, 5.41) is 2.97. The SMILES string of the molecule is COC(=O)[C@@H](c1ccc(F)cc1)N1CCCN(c2nccs2)CC1. The van der Waals surface area contributed by atoms with Gasteiger partial charge < -0.3 is 9.64 Å². The number of carbonyl (C=O) groups excluding carboxylic acids is 1. The Kier molecular flexibility index (Phi) is 5.42. The third-order valence-corrected chi connectivity index (χ3v) is 5.03. The highest BCUT2D eigenvalue weighted by Crippen LogP contribution is 2.26. The van der Waals surface area contributed by atoms with Gasteiger partial charge in [-0.3, -0.25) is 4.90 Å². The summed E-state index contributed by atoms with van der Waals surface area (Å²) in [5.74, 6) is -0.627. The summed E-state index contributed by atoms with van der Waals surface area (Å²) in [6.07, 6.45) is 2.73. The molecule has 1 aromatic carbocycles. The molecule has 5 nitrogen and oxygen atoms in total. The molecule has 1 aliphatic rings. The van der Waals surface area contributed by atoms with Crippen molar-refractivity contribution in [1.29, 1.82) is 0 Å². The minimum absolute atomic E-state index is 0.312. The monoisotopic (exact) mass is 349 g/mol. The molecule has 2 aromatic rings. The lowest BCUT2D eigenvalue weighted by molar-refractivity contribution is -0.147. The molecule has 0 saturated carbocycles. The molecule has 0 N–H and O–H groups in total. The van der Waals surface area contributed by atoms with Gasteiger partial charge in [0.25, 0.3) is 0 Å². The summed E-state index contributed by atoms with van der Waals surface area (Å²) in [4.78, 5) is 21.0. The van der Waals surface area contributed by atoms with Gasteiger partial charge in [-0.25, -0.2) is 14.2 Å². The lowest BCUT2D eigenvalue weighted by atomic mass is 10.0. The molecule has 0 unspecified atom stereocenters. The average molecular weight is 349 g/mol. The number of halogens is 1. The van der Waals surface area contributed by atoms with Crippen molar-refractivity contribution in [3.8, 4) is 0 Å². The Hall–Kier alpha value is -1.99. The number of hydrogen-bond donors (Lipinski definition) is 0. The zero-order valence-electron chi connectivity index (χ0n) is 13.5. The van der Waals surface area contributed by atoms with Crippen LogP contribution in [0, 0.1) is 5.82 Å². The Bertz CT molecular complexity index is 663. The highest BCUT2D eigenvalue weighted by Gasteiger charge is 2.30. The van der Waals surface area contributed by atoms with Crippen LogP contribution in [0.3, 0.4) is 0 Å². The molecule has 1 fully saturated rings. The summed E-state index contributed by atoms with van der Waals surface area (Å²) < 4.78 is 18.2. The van der Waals surface area contributed by atoms with E-state index in [1.807, 2.05) is 5.38 Å². The number of benzene rings is 1. The number of aromatic nitrogens is 1. The van der Waals surface area contributed by atoms with Crippen molar-refractivity contribution in [3.05, 3.63) is 47.2 Å². The quantitative estimate of drug-likeness (QED) is 0.794. The largest absolute Gasteiger partial charge is 0.468 e. The van der Waals surface area contributed by atoms with E-state index in [0.717, 1.165) is 43.3 Å². The molecule has 0 bridgehead atoms.